The average Bonchev–Trinajstić information content (AvgIpc) is 3.04. The minimum Gasteiger partial charge on any atom is -0.454 e. The molecule has 0 aromatic heterocycles. The SMILES string of the molecule is O=C(NCCc1ccc2c(c1)OCO2)C1CCS(=O)(=O)C1. The van der Waals surface area contributed by atoms with Crippen LogP contribution in [0.3, 0.4) is 0 Å². The number of carbonyl (C=O) groups is 1. The molecular weight excluding hydrogens is 294 g/mol. The molecule has 1 N–H and O–H groups in total. The number of hydrogen-bond donors (Lipinski definition) is 1. The third-order valence-electron chi connectivity index (χ3n) is 3.75. The Morgan fingerprint density at radius 2 is 2.10 bits per heavy atom. The number of rotatable bonds is 4. The summed E-state index contributed by atoms with van der Waals surface area (Å²) in [5.41, 5.74) is 1.04. The predicted octanol–water partition coefficient (Wildman–Crippen LogP) is 0.509. The van der Waals surface area contributed by atoms with E-state index in [0.717, 1.165) is 17.1 Å². The molecule has 21 heavy (non-hydrogen) atoms. The summed E-state index contributed by atoms with van der Waals surface area (Å²) < 4.78 is 33.2. The highest BCUT2D eigenvalue weighted by molar-refractivity contribution is 7.91. The largest absolute Gasteiger partial charge is 0.454 e. The quantitative estimate of drug-likeness (QED) is 0.876. The Labute approximate surface area is 123 Å². The zero-order chi connectivity index (χ0) is 14.9. The van der Waals surface area contributed by atoms with Gasteiger partial charge in [0.15, 0.2) is 21.3 Å². The molecule has 0 saturated carbocycles. The maximum Gasteiger partial charge on any atom is 0.231 e. The van der Waals surface area contributed by atoms with Crippen LogP contribution in [0.25, 0.3) is 0 Å². The number of carbonyl (C=O) groups excluding carboxylic acids is 1. The molecule has 1 saturated heterocycles. The van der Waals surface area contributed by atoms with Crippen LogP contribution >= 0.6 is 0 Å². The zero-order valence-corrected chi connectivity index (χ0v) is 12.3. The van der Waals surface area contributed by atoms with Crippen LogP contribution in [0.2, 0.25) is 0 Å². The summed E-state index contributed by atoms with van der Waals surface area (Å²) in [6.45, 7) is 0.723. The third-order valence-corrected chi connectivity index (χ3v) is 5.52. The number of nitrogens with one attached hydrogen (secondary N) is 1. The van der Waals surface area contributed by atoms with E-state index in [9.17, 15) is 13.2 Å². The van der Waals surface area contributed by atoms with Crippen molar-refractivity contribution in [2.45, 2.75) is 12.8 Å². The number of sulfone groups is 1. The first-order valence-electron chi connectivity index (χ1n) is 6.90. The molecule has 0 radical (unpaired) electrons. The topological polar surface area (TPSA) is 81.7 Å². The van der Waals surface area contributed by atoms with Gasteiger partial charge >= 0.3 is 0 Å². The van der Waals surface area contributed by atoms with E-state index in [4.69, 9.17) is 9.47 Å². The van der Waals surface area contributed by atoms with Crippen molar-refractivity contribution in [3.05, 3.63) is 23.8 Å². The first kappa shape index (κ1) is 14.2. The number of ether oxygens (including phenoxy) is 2. The van der Waals surface area contributed by atoms with Crippen molar-refractivity contribution in [1.29, 1.82) is 0 Å². The fourth-order valence-corrected chi connectivity index (χ4v) is 4.31. The van der Waals surface area contributed by atoms with Crippen LogP contribution in [-0.2, 0) is 21.1 Å². The fourth-order valence-electron chi connectivity index (χ4n) is 2.57. The molecule has 114 valence electrons. The van der Waals surface area contributed by atoms with Gasteiger partial charge in [-0.2, -0.15) is 0 Å². The van der Waals surface area contributed by atoms with E-state index in [0.29, 0.717) is 19.4 Å². The van der Waals surface area contributed by atoms with Crippen LogP contribution < -0.4 is 14.8 Å². The second-order valence-electron chi connectivity index (χ2n) is 5.33. The van der Waals surface area contributed by atoms with E-state index in [1.54, 1.807) is 0 Å². The Balaban J connectivity index is 1.49. The Hall–Kier alpha value is -1.76. The summed E-state index contributed by atoms with van der Waals surface area (Å²) in [5.74, 6) is 0.985. The van der Waals surface area contributed by atoms with Gasteiger partial charge in [-0.15, -0.1) is 0 Å². The van der Waals surface area contributed by atoms with Crippen LogP contribution in [0.4, 0.5) is 0 Å². The lowest BCUT2D eigenvalue weighted by molar-refractivity contribution is -0.124. The number of amides is 1. The monoisotopic (exact) mass is 311 g/mol. The van der Waals surface area contributed by atoms with Gasteiger partial charge in [0.25, 0.3) is 0 Å². The maximum absolute atomic E-state index is 11.9. The Morgan fingerprint density at radius 1 is 1.29 bits per heavy atom. The number of benzene rings is 1. The normalized spacial score (nSPS) is 22.2. The molecule has 3 rings (SSSR count). The van der Waals surface area contributed by atoms with Crippen LogP contribution in [-0.4, -0.2) is 39.2 Å². The number of fused-ring (bicyclic) bond motifs is 1. The first-order valence-corrected chi connectivity index (χ1v) is 8.72. The highest BCUT2D eigenvalue weighted by Gasteiger charge is 2.32. The van der Waals surface area contributed by atoms with E-state index < -0.39 is 15.8 Å². The van der Waals surface area contributed by atoms with Crippen molar-refractivity contribution in [3.63, 3.8) is 0 Å². The second-order valence-corrected chi connectivity index (χ2v) is 7.56. The molecule has 7 heteroatoms. The highest BCUT2D eigenvalue weighted by Crippen LogP contribution is 2.32. The van der Waals surface area contributed by atoms with Crippen molar-refractivity contribution in [2.24, 2.45) is 5.92 Å². The molecule has 1 atom stereocenters. The minimum atomic E-state index is -3.02. The molecule has 1 fully saturated rings. The predicted molar refractivity (Wildman–Crippen MR) is 76.0 cm³/mol. The van der Waals surface area contributed by atoms with Gasteiger partial charge in [0.05, 0.1) is 17.4 Å². The van der Waals surface area contributed by atoms with E-state index in [-0.39, 0.29) is 24.2 Å². The lowest BCUT2D eigenvalue weighted by atomic mass is 10.1. The summed E-state index contributed by atoms with van der Waals surface area (Å²) in [6, 6.07) is 5.68. The van der Waals surface area contributed by atoms with Gasteiger partial charge in [-0.1, -0.05) is 6.07 Å². The zero-order valence-electron chi connectivity index (χ0n) is 11.5. The van der Waals surface area contributed by atoms with Crippen molar-refractivity contribution in [1.82, 2.24) is 5.32 Å². The van der Waals surface area contributed by atoms with Crippen LogP contribution in [0, 0.1) is 5.92 Å². The molecule has 1 aromatic carbocycles. The lowest BCUT2D eigenvalue weighted by Crippen LogP contribution is -2.32. The van der Waals surface area contributed by atoms with E-state index in [1.165, 1.54) is 0 Å². The van der Waals surface area contributed by atoms with E-state index in [1.807, 2.05) is 18.2 Å². The molecule has 1 unspecified atom stereocenters. The first-order chi connectivity index (χ1) is 10.0. The minimum absolute atomic E-state index is 0.0249. The molecular formula is C14H17NO5S. The van der Waals surface area contributed by atoms with Crippen molar-refractivity contribution in [2.75, 3.05) is 24.8 Å². The van der Waals surface area contributed by atoms with Crippen LogP contribution in [0.15, 0.2) is 18.2 Å². The third kappa shape index (κ3) is 3.29. The summed E-state index contributed by atoms with van der Waals surface area (Å²) in [6.07, 6.45) is 1.10. The molecule has 0 bridgehead atoms. The summed E-state index contributed by atoms with van der Waals surface area (Å²) in [7, 11) is -3.02. The molecule has 0 aliphatic carbocycles. The van der Waals surface area contributed by atoms with Crippen molar-refractivity contribution >= 4 is 15.7 Å². The smallest absolute Gasteiger partial charge is 0.231 e. The second kappa shape index (κ2) is 5.55. The van der Waals surface area contributed by atoms with Gasteiger partial charge in [-0.25, -0.2) is 8.42 Å². The van der Waals surface area contributed by atoms with Gasteiger partial charge in [0, 0.05) is 6.54 Å². The van der Waals surface area contributed by atoms with Gasteiger partial charge in [-0.3, -0.25) is 4.79 Å². The van der Waals surface area contributed by atoms with Crippen LogP contribution in [0.1, 0.15) is 12.0 Å². The molecule has 0 spiro atoms. The lowest BCUT2D eigenvalue weighted by Gasteiger charge is -2.09. The average molecular weight is 311 g/mol. The summed E-state index contributed by atoms with van der Waals surface area (Å²) >= 11 is 0. The summed E-state index contributed by atoms with van der Waals surface area (Å²) in [5, 5.41) is 2.80. The molecule has 6 nitrogen and oxygen atoms in total. The molecule has 2 aliphatic heterocycles. The maximum atomic E-state index is 11.9. The molecule has 1 aromatic rings. The highest BCUT2D eigenvalue weighted by atomic mass is 32.2. The van der Waals surface area contributed by atoms with Crippen molar-refractivity contribution in [3.8, 4) is 11.5 Å². The van der Waals surface area contributed by atoms with Gasteiger partial charge in [-0.05, 0) is 30.5 Å². The Kier molecular flexibility index (Phi) is 3.75. The van der Waals surface area contributed by atoms with Crippen molar-refractivity contribution < 1.29 is 22.7 Å². The fraction of sp³-hybridized carbons (Fsp3) is 0.500. The summed E-state index contributed by atoms with van der Waals surface area (Å²) in [4.78, 5) is 11.9. The number of hydrogen-bond acceptors (Lipinski definition) is 5. The van der Waals surface area contributed by atoms with E-state index >= 15 is 0 Å². The standard InChI is InChI=1S/C14H17NO5S/c16-14(11-4-6-21(17,18)8-11)15-5-3-10-1-2-12-13(7-10)20-9-19-12/h1-2,7,11H,3-6,8-9H2,(H,15,16). The van der Waals surface area contributed by atoms with E-state index in [2.05, 4.69) is 5.32 Å². The van der Waals surface area contributed by atoms with Gasteiger partial charge < -0.3 is 14.8 Å². The molecule has 2 heterocycles. The molecule has 1 amide bonds. The Bertz CT molecular complexity index is 655. The van der Waals surface area contributed by atoms with Gasteiger partial charge in [0.1, 0.15) is 0 Å². The Morgan fingerprint density at radius 3 is 2.86 bits per heavy atom. The molecule has 2 aliphatic rings. The van der Waals surface area contributed by atoms with Crippen LogP contribution in [0.5, 0.6) is 11.5 Å². The van der Waals surface area contributed by atoms with Gasteiger partial charge in [0.2, 0.25) is 12.7 Å².